The molecule has 2 saturated heterocycles. The number of halogens is 1. The third-order valence-electron chi connectivity index (χ3n) is 7.84. The molecule has 1 atom stereocenters. The molecule has 0 unspecified atom stereocenters. The maximum absolute atomic E-state index is 14.2. The molecule has 6 rings (SSSR count). The number of likely N-dealkylation sites (tertiary alicyclic amines) is 1. The molecule has 0 aliphatic carbocycles. The van der Waals surface area contributed by atoms with Gasteiger partial charge in [0.15, 0.2) is 0 Å². The van der Waals surface area contributed by atoms with Crippen LogP contribution in [-0.4, -0.2) is 61.3 Å². The molecule has 5 heterocycles. The fourth-order valence-corrected chi connectivity index (χ4v) is 5.41. The van der Waals surface area contributed by atoms with Gasteiger partial charge < -0.3 is 19.1 Å². The van der Waals surface area contributed by atoms with Crippen LogP contribution in [0.1, 0.15) is 58.1 Å². The van der Waals surface area contributed by atoms with Crippen LogP contribution >= 0.6 is 0 Å². The Morgan fingerprint density at radius 3 is 2.71 bits per heavy atom. The van der Waals surface area contributed by atoms with E-state index in [0.29, 0.717) is 18.0 Å². The van der Waals surface area contributed by atoms with Crippen LogP contribution in [-0.2, 0) is 24.4 Å². The summed E-state index contributed by atoms with van der Waals surface area (Å²) in [6.07, 6.45) is 7.61. The van der Waals surface area contributed by atoms with Crippen LogP contribution < -0.4 is 4.74 Å². The van der Waals surface area contributed by atoms with Crippen molar-refractivity contribution in [1.82, 2.24) is 24.4 Å². The lowest BCUT2D eigenvalue weighted by atomic mass is 9.93. The zero-order valence-electron chi connectivity index (χ0n) is 22.4. The third kappa shape index (κ3) is 5.89. The fourth-order valence-electron chi connectivity index (χ4n) is 5.41. The van der Waals surface area contributed by atoms with Crippen molar-refractivity contribution < 1.29 is 23.8 Å². The molecule has 1 N–H and O–H groups in total. The molecule has 3 aromatic heterocycles. The number of nitrogens with zero attached hydrogens (tertiary/aromatic N) is 6. The van der Waals surface area contributed by atoms with E-state index in [1.807, 2.05) is 6.07 Å². The van der Waals surface area contributed by atoms with E-state index >= 15 is 0 Å². The molecule has 41 heavy (non-hydrogen) atoms. The number of pyridine rings is 1. The van der Waals surface area contributed by atoms with Crippen LogP contribution in [0.5, 0.6) is 5.88 Å². The van der Waals surface area contributed by atoms with E-state index in [4.69, 9.17) is 14.7 Å². The van der Waals surface area contributed by atoms with E-state index in [-0.39, 0.29) is 29.8 Å². The molecule has 11 heteroatoms. The van der Waals surface area contributed by atoms with Gasteiger partial charge in [0.05, 0.1) is 46.2 Å². The van der Waals surface area contributed by atoms with Crippen LogP contribution in [0, 0.1) is 17.1 Å². The maximum atomic E-state index is 14.2. The lowest BCUT2D eigenvalue weighted by molar-refractivity contribution is -0.0591. The van der Waals surface area contributed by atoms with Gasteiger partial charge in [-0.3, -0.25) is 14.9 Å². The van der Waals surface area contributed by atoms with Crippen molar-refractivity contribution in [2.75, 3.05) is 19.7 Å². The second kappa shape index (κ2) is 11.6. The number of piperidine rings is 1. The van der Waals surface area contributed by atoms with Gasteiger partial charge in [-0.05, 0) is 56.6 Å². The molecule has 0 bridgehead atoms. The molecule has 4 aromatic rings. The smallest absolute Gasteiger partial charge is 0.337 e. The summed E-state index contributed by atoms with van der Waals surface area (Å²) in [6, 6.07) is 9.96. The van der Waals surface area contributed by atoms with Crippen LogP contribution in [0.25, 0.3) is 11.0 Å². The Bertz CT molecular complexity index is 1620. The van der Waals surface area contributed by atoms with Gasteiger partial charge in [-0.2, -0.15) is 5.26 Å². The van der Waals surface area contributed by atoms with Gasteiger partial charge in [0.2, 0.25) is 5.88 Å². The van der Waals surface area contributed by atoms with Gasteiger partial charge in [-0.1, -0.05) is 6.07 Å². The summed E-state index contributed by atoms with van der Waals surface area (Å²) in [7, 11) is 0. The van der Waals surface area contributed by atoms with Crippen molar-refractivity contribution in [2.45, 2.75) is 51.0 Å². The monoisotopic (exact) mass is 556 g/mol. The van der Waals surface area contributed by atoms with Gasteiger partial charge in [0, 0.05) is 49.3 Å². The number of benzene rings is 1. The number of hydrogen-bond acceptors (Lipinski definition) is 8. The van der Waals surface area contributed by atoms with E-state index in [2.05, 4.69) is 30.5 Å². The lowest BCUT2D eigenvalue weighted by Gasteiger charge is -2.32. The topological polar surface area (TPSA) is 126 Å². The summed E-state index contributed by atoms with van der Waals surface area (Å²) in [5, 5.41) is 18.4. The molecular formula is C30H29FN6O4. The number of carboxylic acids is 1. The molecule has 0 saturated carbocycles. The highest BCUT2D eigenvalue weighted by atomic mass is 19.1. The molecule has 10 nitrogen and oxygen atoms in total. The van der Waals surface area contributed by atoms with Gasteiger partial charge in [0.1, 0.15) is 12.4 Å². The molecule has 2 fully saturated rings. The van der Waals surface area contributed by atoms with E-state index in [9.17, 15) is 14.3 Å². The number of ether oxygens (including phenoxy) is 2. The number of rotatable bonds is 9. The van der Waals surface area contributed by atoms with Crippen LogP contribution in [0.15, 0.2) is 48.9 Å². The minimum Gasteiger partial charge on any atom is -0.478 e. The van der Waals surface area contributed by atoms with Crippen molar-refractivity contribution in [1.29, 1.82) is 5.26 Å². The average molecular weight is 557 g/mol. The predicted octanol–water partition coefficient (Wildman–Crippen LogP) is 4.28. The summed E-state index contributed by atoms with van der Waals surface area (Å²) >= 11 is 0. The number of nitriles is 1. The summed E-state index contributed by atoms with van der Waals surface area (Å²) in [4.78, 5) is 27.3. The molecule has 1 aromatic carbocycles. The Morgan fingerprint density at radius 1 is 1.17 bits per heavy atom. The van der Waals surface area contributed by atoms with Crippen LogP contribution in [0.2, 0.25) is 0 Å². The van der Waals surface area contributed by atoms with E-state index in [1.165, 1.54) is 18.5 Å². The van der Waals surface area contributed by atoms with Gasteiger partial charge in [-0.25, -0.2) is 14.2 Å². The minimum atomic E-state index is -0.991. The number of aromatic nitrogens is 4. The maximum Gasteiger partial charge on any atom is 0.337 e. The van der Waals surface area contributed by atoms with Gasteiger partial charge in [-0.15, -0.1) is 0 Å². The first-order valence-corrected chi connectivity index (χ1v) is 13.7. The third-order valence-corrected chi connectivity index (χ3v) is 7.84. The molecule has 210 valence electrons. The second-order valence-corrected chi connectivity index (χ2v) is 10.5. The van der Waals surface area contributed by atoms with E-state index < -0.39 is 11.8 Å². The summed E-state index contributed by atoms with van der Waals surface area (Å²) in [6.45, 7) is 3.88. The predicted molar refractivity (Wildman–Crippen MR) is 146 cm³/mol. The highest BCUT2D eigenvalue weighted by molar-refractivity contribution is 5.91. The molecule has 0 spiro atoms. The number of aromatic carboxylic acids is 1. The molecule has 0 amide bonds. The quantitative estimate of drug-likeness (QED) is 0.321. The minimum absolute atomic E-state index is 0.00314. The largest absolute Gasteiger partial charge is 0.478 e. The standard InChI is InChI=1S/C30H29FN6O4/c31-25-9-19(12-32)1-2-21(25)18-41-29-15-33-14-27(35-29)20-3-6-36(7-4-20)16-23-11-26-28(10-22(13-34-26)30(38)39)37(23)17-24-5-8-40-24/h1-2,9-11,13-15,20,24H,3-8,16-18H2,(H,38,39)/t24-/m0/s1. The van der Waals surface area contributed by atoms with Crippen molar-refractivity contribution >= 4 is 17.0 Å². The first-order valence-electron chi connectivity index (χ1n) is 13.7. The molecule has 2 aliphatic heterocycles. The highest BCUT2D eigenvalue weighted by Crippen LogP contribution is 2.30. The average Bonchev–Trinajstić information content (AvgIpc) is 3.30. The van der Waals surface area contributed by atoms with Gasteiger partial charge >= 0.3 is 5.97 Å². The zero-order chi connectivity index (χ0) is 28.3. The number of fused-ring (bicyclic) bond motifs is 1. The van der Waals surface area contributed by atoms with E-state index in [1.54, 1.807) is 24.4 Å². The normalized spacial score (nSPS) is 17.7. The SMILES string of the molecule is N#Cc1ccc(COc2cncc(C3CCN(Cc4cc5ncc(C(=O)O)cc5n4C[C@@H]4CCO4)CC3)n2)c(F)c1. The first-order chi connectivity index (χ1) is 20.0. The zero-order valence-corrected chi connectivity index (χ0v) is 22.4. The number of carboxylic acid groups (broad SMARTS) is 1. The highest BCUT2D eigenvalue weighted by Gasteiger charge is 2.26. The van der Waals surface area contributed by atoms with Gasteiger partial charge in [0.25, 0.3) is 0 Å². The molecule has 0 radical (unpaired) electrons. The fraction of sp³-hybridized carbons (Fsp3) is 0.367. The molecular weight excluding hydrogens is 527 g/mol. The Hall–Kier alpha value is -4.40. The second-order valence-electron chi connectivity index (χ2n) is 10.5. The van der Waals surface area contributed by atoms with E-state index in [0.717, 1.165) is 67.9 Å². The summed E-state index contributed by atoms with van der Waals surface area (Å²) < 4.78 is 27.8. The molecule has 2 aliphatic rings. The van der Waals surface area contributed by atoms with Crippen LogP contribution in [0.4, 0.5) is 4.39 Å². The number of carbonyl (C=O) groups is 1. The lowest BCUT2D eigenvalue weighted by Crippen LogP contribution is -2.35. The summed E-state index contributed by atoms with van der Waals surface area (Å²) in [5.74, 6) is -0.917. The Labute approximate surface area is 236 Å². The Balaban J connectivity index is 1.10. The number of hydrogen-bond donors (Lipinski definition) is 1. The van der Waals surface area contributed by atoms with Crippen molar-refractivity contribution in [3.05, 3.63) is 82.8 Å². The van der Waals surface area contributed by atoms with Crippen molar-refractivity contribution in [3.63, 3.8) is 0 Å². The summed E-state index contributed by atoms with van der Waals surface area (Å²) in [5.41, 5.74) is 4.33. The van der Waals surface area contributed by atoms with Crippen molar-refractivity contribution in [2.24, 2.45) is 0 Å². The first kappa shape index (κ1) is 26.8. The van der Waals surface area contributed by atoms with Crippen LogP contribution in [0.3, 0.4) is 0 Å². The Morgan fingerprint density at radius 2 is 2.00 bits per heavy atom. The Kier molecular flexibility index (Phi) is 7.59. The van der Waals surface area contributed by atoms with Crippen molar-refractivity contribution in [3.8, 4) is 11.9 Å².